The number of nitrogens with zero attached hydrogens (tertiary/aromatic N) is 2. The van der Waals surface area contributed by atoms with Crippen LogP contribution in [0.3, 0.4) is 0 Å². The van der Waals surface area contributed by atoms with Crippen LogP contribution in [-0.2, 0) is 24.5 Å². The molecular formula is C17H31N4O8P2S+. The van der Waals surface area contributed by atoms with Gasteiger partial charge in [0, 0.05) is 24.4 Å². The fourth-order valence-corrected chi connectivity index (χ4v) is 6.48. The molecule has 15 heteroatoms. The molecule has 0 bridgehead atoms. The molecule has 0 saturated heterocycles. The molecule has 1 aliphatic heterocycles. The summed E-state index contributed by atoms with van der Waals surface area (Å²) in [6.07, 6.45) is 2.01. The lowest BCUT2D eigenvalue weighted by molar-refractivity contribution is -0.887. The van der Waals surface area contributed by atoms with Crippen molar-refractivity contribution in [1.82, 2.24) is 9.97 Å². The first-order valence-corrected chi connectivity index (χ1v) is 13.9. The number of anilines is 1. The Balaban J connectivity index is 2.19. The van der Waals surface area contributed by atoms with Crippen LogP contribution in [0.2, 0.25) is 0 Å². The van der Waals surface area contributed by atoms with E-state index in [-0.39, 0.29) is 24.3 Å². The second-order valence-corrected chi connectivity index (χ2v) is 11.7. The third kappa shape index (κ3) is 7.59. The van der Waals surface area contributed by atoms with Crippen molar-refractivity contribution in [3.05, 3.63) is 28.2 Å². The van der Waals surface area contributed by atoms with Gasteiger partial charge < -0.3 is 25.5 Å². The molecule has 5 unspecified atom stereocenters. The molecule has 32 heavy (non-hydrogen) atoms. The van der Waals surface area contributed by atoms with Crippen LogP contribution in [0.5, 0.6) is 0 Å². The monoisotopic (exact) mass is 513 g/mol. The van der Waals surface area contributed by atoms with Crippen molar-refractivity contribution < 1.29 is 42.7 Å². The van der Waals surface area contributed by atoms with Crippen LogP contribution in [0.4, 0.5) is 5.82 Å². The van der Waals surface area contributed by atoms with Gasteiger partial charge in [-0.25, -0.2) is 19.1 Å². The van der Waals surface area contributed by atoms with Crippen LogP contribution in [0.1, 0.15) is 45.0 Å². The van der Waals surface area contributed by atoms with E-state index >= 15 is 0 Å². The quantitative estimate of drug-likeness (QED) is 0.231. The van der Waals surface area contributed by atoms with E-state index in [1.165, 1.54) is 11.8 Å². The number of hydrogen-bond donors (Lipinski definition) is 6. The Bertz CT molecular complexity index is 943. The summed E-state index contributed by atoms with van der Waals surface area (Å²) in [4.78, 5) is 37.1. The summed E-state index contributed by atoms with van der Waals surface area (Å²) < 4.78 is 31.0. The Morgan fingerprint density at radius 2 is 1.97 bits per heavy atom. The average Bonchev–Trinajstić information content (AvgIpc) is 2.96. The topological polar surface area (TPSA) is 190 Å². The van der Waals surface area contributed by atoms with Gasteiger partial charge in [0.25, 0.3) is 0 Å². The summed E-state index contributed by atoms with van der Waals surface area (Å²) in [5, 5.41) is 10.7. The van der Waals surface area contributed by atoms with Gasteiger partial charge in [0.2, 0.25) is 0 Å². The lowest BCUT2D eigenvalue weighted by atomic mass is 10.0. The van der Waals surface area contributed by atoms with Gasteiger partial charge in [-0.3, -0.25) is 9.42 Å². The third-order valence-electron chi connectivity index (χ3n) is 5.24. The Morgan fingerprint density at radius 3 is 2.53 bits per heavy atom. The van der Waals surface area contributed by atoms with Crippen molar-refractivity contribution in [1.29, 1.82) is 0 Å². The number of thioether (sulfide) groups is 1. The minimum Gasteiger partial charge on any atom is -0.386 e. The van der Waals surface area contributed by atoms with E-state index in [9.17, 15) is 19.1 Å². The highest BCUT2D eigenvalue weighted by molar-refractivity contribution is 8.03. The first-order chi connectivity index (χ1) is 14.7. The Morgan fingerprint density at radius 1 is 1.31 bits per heavy atom. The second kappa shape index (κ2) is 11.1. The number of phosphoric ester groups is 1. The molecule has 0 amide bonds. The molecule has 0 radical (unpaired) electrons. The fourth-order valence-electron chi connectivity index (χ4n) is 3.27. The number of aliphatic hydroxyl groups excluding tert-OH is 1. The van der Waals surface area contributed by atoms with E-state index in [1.807, 2.05) is 20.8 Å². The number of nitrogens with one attached hydrogen (secondary N) is 1. The Kier molecular flexibility index (Phi) is 9.46. The number of hydrogen-bond acceptors (Lipinski definition) is 9. The Hall–Kier alpha value is -0.850. The van der Waals surface area contributed by atoms with Crippen molar-refractivity contribution in [3.63, 3.8) is 0 Å². The molecule has 0 saturated carbocycles. The SMILES string of the molecule is CCC(C)C(O)C1SC(CCOP(=O)(O)OP(=O)(O)O)=C(C)[NH+]1Cc1cnc(C)nc1N. The Labute approximate surface area is 191 Å². The fraction of sp³-hybridized carbons (Fsp3) is 0.647. The highest BCUT2D eigenvalue weighted by Crippen LogP contribution is 2.57. The lowest BCUT2D eigenvalue weighted by Gasteiger charge is -2.29. The molecule has 0 aromatic carbocycles. The highest BCUT2D eigenvalue weighted by atomic mass is 32.2. The first kappa shape index (κ1) is 27.4. The maximum atomic E-state index is 11.7. The van der Waals surface area contributed by atoms with Crippen molar-refractivity contribution in [2.75, 3.05) is 12.3 Å². The van der Waals surface area contributed by atoms with E-state index in [0.29, 0.717) is 18.2 Å². The zero-order valence-corrected chi connectivity index (χ0v) is 20.9. The summed E-state index contributed by atoms with van der Waals surface area (Å²) in [6.45, 7) is 7.72. The number of aromatic nitrogens is 2. The van der Waals surface area contributed by atoms with Gasteiger partial charge in [-0.15, -0.1) is 0 Å². The van der Waals surface area contributed by atoms with Crippen LogP contribution in [0, 0.1) is 12.8 Å². The third-order valence-corrected chi connectivity index (χ3v) is 9.04. The van der Waals surface area contributed by atoms with E-state index < -0.39 is 21.7 Å². The lowest BCUT2D eigenvalue weighted by Crippen LogP contribution is -3.12. The van der Waals surface area contributed by atoms with Gasteiger partial charge in [0.05, 0.1) is 12.2 Å². The van der Waals surface area contributed by atoms with Gasteiger partial charge in [0.1, 0.15) is 30.0 Å². The number of nitrogens with two attached hydrogens (primary N) is 1. The number of aliphatic hydroxyl groups is 1. The summed E-state index contributed by atoms with van der Waals surface area (Å²) in [5.74, 6) is 0.961. The second-order valence-electron chi connectivity index (χ2n) is 7.62. The highest BCUT2D eigenvalue weighted by Gasteiger charge is 2.42. The molecule has 0 fully saturated rings. The normalized spacial score (nSPS) is 23.2. The summed E-state index contributed by atoms with van der Waals surface area (Å²) in [6, 6.07) is 0. The molecular weight excluding hydrogens is 482 g/mol. The maximum Gasteiger partial charge on any atom is 0.481 e. The number of nitrogen functional groups attached to an aromatic ring is 1. The average molecular weight is 513 g/mol. The molecule has 7 N–H and O–H groups in total. The maximum absolute atomic E-state index is 11.7. The van der Waals surface area contributed by atoms with Gasteiger partial charge in [0.15, 0.2) is 5.37 Å². The van der Waals surface area contributed by atoms with Gasteiger partial charge in [-0.2, -0.15) is 4.31 Å². The smallest absolute Gasteiger partial charge is 0.386 e. The van der Waals surface area contributed by atoms with E-state index in [0.717, 1.165) is 27.5 Å². The molecule has 182 valence electrons. The van der Waals surface area contributed by atoms with E-state index in [4.69, 9.17) is 20.0 Å². The van der Waals surface area contributed by atoms with Crippen LogP contribution in [-0.4, -0.2) is 47.8 Å². The molecule has 2 rings (SSSR count). The standard InChI is InChI=1S/C17H30N4O8P2S/c1-5-10(2)15(22)17-21(9-13-8-19-12(4)20-16(13)18)11(3)14(32-17)6-7-28-31(26,27)29-30(23,24)25/h8,10,15,17,22H,5-7,9H2,1-4H3,(H,26,27)(H2,18,19,20)(H2,23,24,25)/p+1. The van der Waals surface area contributed by atoms with E-state index in [2.05, 4.69) is 14.3 Å². The van der Waals surface area contributed by atoms with Crippen LogP contribution < -0.4 is 10.6 Å². The number of rotatable bonds is 11. The molecule has 1 aromatic heterocycles. The minimum atomic E-state index is -5.18. The van der Waals surface area contributed by atoms with Crippen molar-refractivity contribution in [2.24, 2.45) is 5.92 Å². The van der Waals surface area contributed by atoms with Gasteiger partial charge in [-0.05, 0) is 12.8 Å². The zero-order valence-electron chi connectivity index (χ0n) is 18.3. The van der Waals surface area contributed by atoms with Crippen LogP contribution >= 0.6 is 27.4 Å². The minimum absolute atomic E-state index is 0.0341. The number of phosphoric acid groups is 2. The number of aryl methyl sites for hydroxylation is 1. The molecule has 0 aliphatic carbocycles. The molecule has 12 nitrogen and oxygen atoms in total. The summed E-state index contributed by atoms with van der Waals surface area (Å²) in [5.41, 5.74) is 7.69. The predicted molar refractivity (Wildman–Crippen MR) is 119 cm³/mol. The van der Waals surface area contributed by atoms with Crippen LogP contribution in [0.25, 0.3) is 0 Å². The molecule has 5 atom stereocenters. The zero-order chi connectivity index (χ0) is 24.3. The van der Waals surface area contributed by atoms with Gasteiger partial charge in [-0.1, -0.05) is 32.0 Å². The molecule has 1 aromatic rings. The number of allylic oxidation sites excluding steroid dienone is 1. The summed E-state index contributed by atoms with van der Waals surface area (Å²) in [7, 11) is -10.1. The first-order valence-electron chi connectivity index (χ1n) is 9.96. The van der Waals surface area contributed by atoms with Gasteiger partial charge >= 0.3 is 15.6 Å². The van der Waals surface area contributed by atoms with Crippen molar-refractivity contribution >= 4 is 33.2 Å². The summed E-state index contributed by atoms with van der Waals surface area (Å²) >= 11 is 1.44. The number of quaternary nitrogens is 1. The van der Waals surface area contributed by atoms with E-state index in [1.54, 1.807) is 13.1 Å². The van der Waals surface area contributed by atoms with Crippen molar-refractivity contribution in [3.8, 4) is 0 Å². The van der Waals surface area contributed by atoms with Crippen molar-refractivity contribution in [2.45, 2.75) is 58.6 Å². The van der Waals surface area contributed by atoms with Crippen LogP contribution in [0.15, 0.2) is 16.8 Å². The largest absolute Gasteiger partial charge is 0.481 e. The predicted octanol–water partition coefficient (Wildman–Crippen LogP) is 1.08. The molecule has 0 spiro atoms. The molecule has 2 heterocycles. The molecule has 1 aliphatic rings.